The van der Waals surface area contributed by atoms with Gasteiger partial charge in [0.15, 0.2) is 0 Å². The van der Waals surface area contributed by atoms with Crippen molar-refractivity contribution in [3.63, 3.8) is 0 Å². The molecule has 2 aromatic carbocycles. The zero-order chi connectivity index (χ0) is 26.3. The van der Waals surface area contributed by atoms with Crippen LogP contribution >= 0.6 is 11.8 Å². The molecule has 0 unspecified atom stereocenters. The van der Waals surface area contributed by atoms with Crippen molar-refractivity contribution >= 4 is 34.8 Å². The van der Waals surface area contributed by atoms with Crippen molar-refractivity contribution in [2.75, 3.05) is 62.2 Å². The summed E-state index contributed by atoms with van der Waals surface area (Å²) in [5.74, 6) is -2.76. The van der Waals surface area contributed by atoms with Gasteiger partial charge in [0.2, 0.25) is 0 Å². The molecule has 1 fully saturated rings. The summed E-state index contributed by atoms with van der Waals surface area (Å²) < 4.78 is 31.7. The molecular weight excluding hydrogens is 493 g/mol. The van der Waals surface area contributed by atoms with Crippen LogP contribution in [0.4, 0.5) is 30.2 Å². The predicted octanol–water partition coefficient (Wildman–Crippen LogP) is 3.22. The SMILES string of the molecule is N#Cc1ccc2c(c1)Sc1cc(N3CCN(CCN)CC3)ccc1N2CCCN.O=C(O)C(F)(F)F. The molecule has 8 nitrogen and oxygen atoms in total. The number of rotatable bonds is 6. The molecule has 5 N–H and O–H groups in total. The van der Waals surface area contributed by atoms with Crippen LogP contribution in [0.1, 0.15) is 12.0 Å². The van der Waals surface area contributed by atoms with Gasteiger partial charge in [-0.2, -0.15) is 18.4 Å². The van der Waals surface area contributed by atoms with E-state index in [4.69, 9.17) is 21.4 Å². The van der Waals surface area contributed by atoms with Gasteiger partial charge >= 0.3 is 12.1 Å². The van der Waals surface area contributed by atoms with Crippen LogP contribution in [0.3, 0.4) is 0 Å². The average Bonchev–Trinajstić information content (AvgIpc) is 2.86. The first-order valence-electron chi connectivity index (χ1n) is 11.5. The Hall–Kier alpha value is -2.98. The third-order valence-corrected chi connectivity index (χ3v) is 6.94. The summed E-state index contributed by atoms with van der Waals surface area (Å²) in [6, 6.07) is 15.0. The number of nitrogens with two attached hydrogens (primary N) is 2. The number of aliphatic carboxylic acids is 1. The van der Waals surface area contributed by atoms with E-state index >= 15 is 0 Å². The quantitative estimate of drug-likeness (QED) is 0.525. The zero-order valence-electron chi connectivity index (χ0n) is 19.7. The minimum atomic E-state index is -5.08. The van der Waals surface area contributed by atoms with E-state index in [0.717, 1.165) is 62.8 Å². The Balaban J connectivity index is 0.000000454. The Morgan fingerprint density at radius 2 is 1.61 bits per heavy atom. The predicted molar refractivity (Wildman–Crippen MR) is 134 cm³/mol. The van der Waals surface area contributed by atoms with Crippen LogP contribution in [0.5, 0.6) is 0 Å². The number of halogens is 3. The lowest BCUT2D eigenvalue weighted by Crippen LogP contribution is -2.47. The van der Waals surface area contributed by atoms with Crippen LogP contribution in [0.25, 0.3) is 0 Å². The Kier molecular flexibility index (Phi) is 9.44. The highest BCUT2D eigenvalue weighted by atomic mass is 32.2. The van der Waals surface area contributed by atoms with Gasteiger partial charge in [0.25, 0.3) is 0 Å². The molecule has 0 aliphatic carbocycles. The second kappa shape index (κ2) is 12.3. The number of nitriles is 1. The van der Waals surface area contributed by atoms with Gasteiger partial charge in [0, 0.05) is 61.3 Å². The lowest BCUT2D eigenvalue weighted by Gasteiger charge is -2.37. The van der Waals surface area contributed by atoms with Crippen molar-refractivity contribution in [2.24, 2.45) is 11.5 Å². The summed E-state index contributed by atoms with van der Waals surface area (Å²) >= 11 is 1.76. The van der Waals surface area contributed by atoms with Crippen molar-refractivity contribution < 1.29 is 23.1 Å². The first-order valence-corrected chi connectivity index (χ1v) is 12.3. The summed E-state index contributed by atoms with van der Waals surface area (Å²) in [7, 11) is 0. The van der Waals surface area contributed by atoms with Crippen LogP contribution in [-0.2, 0) is 4.79 Å². The molecule has 2 heterocycles. The highest BCUT2D eigenvalue weighted by Crippen LogP contribution is 2.49. The zero-order valence-corrected chi connectivity index (χ0v) is 20.5. The molecule has 0 spiro atoms. The fourth-order valence-corrected chi connectivity index (χ4v) is 5.21. The normalized spacial score (nSPS) is 15.3. The average molecular weight is 523 g/mol. The molecule has 2 aliphatic rings. The molecular formula is C24H29F3N6O2S. The number of carbonyl (C=O) groups is 1. The summed E-state index contributed by atoms with van der Waals surface area (Å²) in [5, 5.41) is 16.4. The van der Waals surface area contributed by atoms with Crippen LogP contribution in [0.15, 0.2) is 46.2 Å². The van der Waals surface area contributed by atoms with Gasteiger partial charge < -0.3 is 26.4 Å². The molecule has 194 valence electrons. The van der Waals surface area contributed by atoms with Gasteiger partial charge in [-0.15, -0.1) is 0 Å². The lowest BCUT2D eigenvalue weighted by atomic mass is 10.1. The van der Waals surface area contributed by atoms with E-state index in [9.17, 15) is 18.4 Å². The fourth-order valence-electron chi connectivity index (χ4n) is 4.04. The maximum absolute atomic E-state index is 10.6. The monoisotopic (exact) mass is 522 g/mol. The van der Waals surface area contributed by atoms with Gasteiger partial charge in [-0.25, -0.2) is 4.79 Å². The maximum Gasteiger partial charge on any atom is 0.490 e. The van der Waals surface area contributed by atoms with E-state index in [1.165, 1.54) is 16.3 Å². The van der Waals surface area contributed by atoms with Gasteiger partial charge in [-0.1, -0.05) is 11.8 Å². The second-order valence-electron chi connectivity index (χ2n) is 8.26. The summed E-state index contributed by atoms with van der Waals surface area (Å²) in [6.45, 7) is 7.39. The standard InChI is InChI=1S/C22H28N6S.C2HF3O2/c23-6-1-8-28-19-4-2-17(16-25)14-21(19)29-22-15-18(3-5-20(22)28)27-12-10-26(9-7-24)11-13-27;3-2(4,5)1(6)7/h2-5,14-15H,1,6-13,23-24H2;(H,6,7). The van der Waals surface area contributed by atoms with Crippen LogP contribution in [0.2, 0.25) is 0 Å². The van der Waals surface area contributed by atoms with Gasteiger partial charge in [0.05, 0.1) is 23.0 Å². The molecule has 2 aliphatic heterocycles. The molecule has 12 heteroatoms. The molecule has 1 saturated heterocycles. The summed E-state index contributed by atoms with van der Waals surface area (Å²) in [6.07, 6.45) is -4.16. The number of hydrogen-bond acceptors (Lipinski definition) is 8. The van der Waals surface area contributed by atoms with E-state index in [2.05, 4.69) is 45.0 Å². The first-order chi connectivity index (χ1) is 17.2. The van der Waals surface area contributed by atoms with Crippen LogP contribution in [-0.4, -0.2) is 74.5 Å². The highest BCUT2D eigenvalue weighted by molar-refractivity contribution is 7.99. The Bertz CT molecular complexity index is 1100. The third kappa shape index (κ3) is 6.82. The van der Waals surface area contributed by atoms with E-state index in [-0.39, 0.29) is 0 Å². The number of carboxylic acids is 1. The summed E-state index contributed by atoms with van der Waals surface area (Å²) in [5.41, 5.74) is 15.8. The number of hydrogen-bond donors (Lipinski definition) is 3. The molecule has 0 bridgehead atoms. The van der Waals surface area contributed by atoms with E-state index in [1.807, 2.05) is 12.1 Å². The largest absolute Gasteiger partial charge is 0.490 e. The number of carboxylic acid groups (broad SMARTS) is 1. The third-order valence-electron chi connectivity index (χ3n) is 5.84. The number of piperazine rings is 1. The van der Waals surface area contributed by atoms with Crippen LogP contribution < -0.4 is 21.3 Å². The molecule has 0 aromatic heterocycles. The Labute approximate surface area is 212 Å². The molecule has 0 amide bonds. The highest BCUT2D eigenvalue weighted by Gasteiger charge is 2.38. The van der Waals surface area contributed by atoms with Gasteiger partial charge in [0.1, 0.15) is 0 Å². The maximum atomic E-state index is 10.6. The first kappa shape index (κ1) is 27.6. The minimum Gasteiger partial charge on any atom is -0.475 e. The molecule has 36 heavy (non-hydrogen) atoms. The second-order valence-corrected chi connectivity index (χ2v) is 9.35. The van der Waals surface area contributed by atoms with Gasteiger partial charge in [-0.05, 0) is 49.4 Å². The smallest absolute Gasteiger partial charge is 0.475 e. The minimum absolute atomic E-state index is 0.662. The van der Waals surface area contributed by atoms with Crippen molar-refractivity contribution in [1.82, 2.24) is 4.90 Å². The van der Waals surface area contributed by atoms with E-state index in [0.29, 0.717) is 12.1 Å². The summed E-state index contributed by atoms with van der Waals surface area (Å²) in [4.78, 5) is 18.5. The van der Waals surface area contributed by atoms with Crippen LogP contribution in [0, 0.1) is 11.3 Å². The van der Waals surface area contributed by atoms with Gasteiger partial charge in [-0.3, -0.25) is 4.90 Å². The fraction of sp³-hybridized carbons (Fsp3) is 0.417. The topological polar surface area (TPSA) is 123 Å². The molecule has 0 saturated carbocycles. The Morgan fingerprint density at radius 1 is 1.00 bits per heavy atom. The molecule has 0 radical (unpaired) electrons. The lowest BCUT2D eigenvalue weighted by molar-refractivity contribution is -0.192. The molecule has 2 aromatic rings. The number of alkyl halides is 3. The number of anilines is 3. The van der Waals surface area contributed by atoms with Crippen molar-refractivity contribution in [3.8, 4) is 6.07 Å². The van der Waals surface area contributed by atoms with Crippen molar-refractivity contribution in [1.29, 1.82) is 5.26 Å². The molecule has 4 rings (SSSR count). The Morgan fingerprint density at radius 3 is 2.17 bits per heavy atom. The van der Waals surface area contributed by atoms with Crippen molar-refractivity contribution in [3.05, 3.63) is 42.0 Å². The number of fused-ring (bicyclic) bond motifs is 2. The number of benzene rings is 2. The number of nitrogens with zero attached hydrogens (tertiary/aromatic N) is 4. The van der Waals surface area contributed by atoms with E-state index in [1.54, 1.807) is 11.8 Å². The van der Waals surface area contributed by atoms with E-state index < -0.39 is 12.1 Å². The molecule has 0 atom stereocenters. The van der Waals surface area contributed by atoms with Crippen molar-refractivity contribution in [2.45, 2.75) is 22.4 Å².